The third-order valence-electron chi connectivity index (χ3n) is 11.0. The Kier molecular flexibility index (Phi) is 34.1. The van der Waals surface area contributed by atoms with E-state index in [0.717, 1.165) is 76.0 Å². The van der Waals surface area contributed by atoms with Gasteiger partial charge in [-0.1, -0.05) is 158 Å². The van der Waals surface area contributed by atoms with E-state index in [4.69, 9.17) is 9.47 Å². The molecule has 1 saturated heterocycles. The first kappa shape index (κ1) is 53.1. The fourth-order valence-electron chi connectivity index (χ4n) is 7.24. The summed E-state index contributed by atoms with van der Waals surface area (Å²) in [6, 6.07) is -1.02. The number of halogens is 1. The van der Waals surface area contributed by atoms with Crippen molar-refractivity contribution in [1.82, 2.24) is 10.6 Å². The molecule has 56 heavy (non-hydrogen) atoms. The molecule has 0 spiro atoms. The second-order valence-corrected chi connectivity index (χ2v) is 16.9. The number of rotatable bonds is 38. The molecule has 0 aromatic carbocycles. The number of nitrogens with one attached hydrogen (secondary N) is 2. The molecule has 0 aromatic rings. The lowest BCUT2D eigenvalue weighted by Gasteiger charge is -2.40. The molecule has 3 unspecified atom stereocenters. The van der Waals surface area contributed by atoms with Crippen LogP contribution in [0.5, 0.6) is 0 Å². The quantitative estimate of drug-likeness (QED) is 0.0252. The Labute approximate surface area is 347 Å². The number of unbranched alkanes of at least 4 members (excludes halogenated alkanes) is 22. The molecular formula is C43H83BrN2O10. The summed E-state index contributed by atoms with van der Waals surface area (Å²) in [7, 11) is 0. The van der Waals surface area contributed by atoms with Crippen LogP contribution in [-0.2, 0) is 19.1 Å². The Bertz CT molecular complexity index is 935. The SMILES string of the molecule is CCCCCCCCCCCCCCC(O)C(O)C(CO[C@H]1O[C@H](CO)[C@H](O)[C@H](O)[C@H]1O)NC(=O)CCCCCCCCNC(=O)CCCCCCCCCBr. The summed E-state index contributed by atoms with van der Waals surface area (Å²) >= 11 is 3.46. The summed E-state index contributed by atoms with van der Waals surface area (Å²) in [5.41, 5.74) is 0. The first-order valence-electron chi connectivity index (χ1n) is 22.6. The number of amides is 2. The Morgan fingerprint density at radius 3 is 1.66 bits per heavy atom. The molecule has 1 heterocycles. The highest BCUT2D eigenvalue weighted by atomic mass is 79.9. The zero-order valence-corrected chi connectivity index (χ0v) is 36.5. The zero-order valence-electron chi connectivity index (χ0n) is 34.9. The molecular weight excluding hydrogens is 784 g/mol. The van der Waals surface area contributed by atoms with Crippen molar-refractivity contribution < 1.29 is 49.7 Å². The Hall–Kier alpha value is -0.900. The summed E-state index contributed by atoms with van der Waals surface area (Å²) in [5.74, 6) is -0.171. The van der Waals surface area contributed by atoms with Crippen LogP contribution in [0.25, 0.3) is 0 Å². The number of carbonyl (C=O) groups excluding carboxylic acids is 2. The van der Waals surface area contributed by atoms with E-state index in [1.54, 1.807) is 0 Å². The van der Waals surface area contributed by atoms with Gasteiger partial charge in [0, 0.05) is 24.7 Å². The molecule has 1 fully saturated rings. The number of carbonyl (C=O) groups is 2. The molecule has 0 bridgehead atoms. The molecule has 0 aromatic heterocycles. The highest BCUT2D eigenvalue weighted by Crippen LogP contribution is 2.23. The normalized spacial score (nSPS) is 21.5. The van der Waals surface area contributed by atoms with Gasteiger partial charge in [-0.05, 0) is 32.1 Å². The third kappa shape index (κ3) is 26.3. The van der Waals surface area contributed by atoms with Crippen molar-refractivity contribution in [2.45, 2.75) is 236 Å². The molecule has 1 aliphatic heterocycles. The van der Waals surface area contributed by atoms with Crippen molar-refractivity contribution in [1.29, 1.82) is 0 Å². The zero-order chi connectivity index (χ0) is 41.2. The van der Waals surface area contributed by atoms with Gasteiger partial charge in [0.2, 0.25) is 11.8 Å². The minimum absolute atomic E-state index is 0.133. The van der Waals surface area contributed by atoms with Crippen LogP contribution < -0.4 is 10.6 Å². The van der Waals surface area contributed by atoms with E-state index in [0.29, 0.717) is 25.8 Å². The molecule has 8 atom stereocenters. The maximum absolute atomic E-state index is 13.0. The smallest absolute Gasteiger partial charge is 0.220 e. The highest BCUT2D eigenvalue weighted by Gasteiger charge is 2.44. The molecule has 0 radical (unpaired) electrons. The molecule has 1 rings (SSSR count). The lowest BCUT2D eigenvalue weighted by molar-refractivity contribution is -0.303. The lowest BCUT2D eigenvalue weighted by atomic mass is 9.98. The van der Waals surface area contributed by atoms with Crippen LogP contribution in [0.3, 0.4) is 0 Å². The second-order valence-electron chi connectivity index (χ2n) is 16.1. The second kappa shape index (κ2) is 36.0. The van der Waals surface area contributed by atoms with Crippen LogP contribution >= 0.6 is 15.9 Å². The fourth-order valence-corrected chi connectivity index (χ4v) is 7.64. The third-order valence-corrected chi connectivity index (χ3v) is 11.5. The van der Waals surface area contributed by atoms with E-state index >= 15 is 0 Å². The van der Waals surface area contributed by atoms with Gasteiger partial charge in [-0.25, -0.2) is 0 Å². The van der Waals surface area contributed by atoms with Gasteiger partial charge in [-0.3, -0.25) is 9.59 Å². The van der Waals surface area contributed by atoms with Gasteiger partial charge in [0.1, 0.15) is 30.5 Å². The number of aliphatic hydroxyl groups is 6. The van der Waals surface area contributed by atoms with Crippen molar-refractivity contribution >= 4 is 27.7 Å². The van der Waals surface area contributed by atoms with Crippen molar-refractivity contribution in [3.8, 4) is 0 Å². The summed E-state index contributed by atoms with van der Waals surface area (Å²) in [6.07, 6.45) is 19.2. The maximum Gasteiger partial charge on any atom is 0.220 e. The summed E-state index contributed by atoms with van der Waals surface area (Å²) in [6.45, 7) is 1.97. The molecule has 0 aliphatic carbocycles. The monoisotopic (exact) mass is 867 g/mol. The van der Waals surface area contributed by atoms with Gasteiger partial charge in [-0.15, -0.1) is 0 Å². The lowest BCUT2D eigenvalue weighted by Crippen LogP contribution is -2.60. The van der Waals surface area contributed by atoms with Crippen LogP contribution in [0.2, 0.25) is 0 Å². The minimum Gasteiger partial charge on any atom is -0.394 e. The highest BCUT2D eigenvalue weighted by molar-refractivity contribution is 9.09. The maximum atomic E-state index is 13.0. The van der Waals surface area contributed by atoms with Crippen molar-refractivity contribution in [2.24, 2.45) is 0 Å². The first-order valence-corrected chi connectivity index (χ1v) is 23.7. The van der Waals surface area contributed by atoms with Crippen molar-refractivity contribution in [3.63, 3.8) is 0 Å². The first-order chi connectivity index (χ1) is 27.2. The summed E-state index contributed by atoms with van der Waals surface area (Å²) < 4.78 is 11.1. The van der Waals surface area contributed by atoms with Gasteiger partial charge in [0.05, 0.1) is 25.4 Å². The van der Waals surface area contributed by atoms with Crippen LogP contribution in [-0.4, -0.2) is 116 Å². The van der Waals surface area contributed by atoms with Crippen LogP contribution in [0.1, 0.15) is 187 Å². The van der Waals surface area contributed by atoms with Crippen molar-refractivity contribution in [3.05, 3.63) is 0 Å². The average Bonchev–Trinajstić information content (AvgIpc) is 3.19. The Morgan fingerprint density at radius 2 is 1.12 bits per heavy atom. The molecule has 0 saturated carbocycles. The number of hydrogen-bond acceptors (Lipinski definition) is 10. The topological polar surface area (TPSA) is 198 Å². The molecule has 1 aliphatic rings. The van der Waals surface area contributed by atoms with Crippen LogP contribution in [0.4, 0.5) is 0 Å². The fraction of sp³-hybridized carbons (Fsp3) is 0.953. The molecule has 332 valence electrons. The van der Waals surface area contributed by atoms with E-state index < -0.39 is 55.6 Å². The van der Waals surface area contributed by atoms with E-state index in [-0.39, 0.29) is 24.8 Å². The predicted octanol–water partition coefficient (Wildman–Crippen LogP) is 6.46. The van der Waals surface area contributed by atoms with E-state index in [1.165, 1.54) is 83.5 Å². The molecule has 12 nitrogen and oxygen atoms in total. The number of aliphatic hydroxyl groups excluding tert-OH is 6. The molecule has 2 amide bonds. The van der Waals surface area contributed by atoms with Gasteiger partial charge < -0.3 is 50.7 Å². The summed E-state index contributed by atoms with van der Waals surface area (Å²) in [5, 5.41) is 69.1. The van der Waals surface area contributed by atoms with Crippen LogP contribution in [0.15, 0.2) is 0 Å². The Morgan fingerprint density at radius 1 is 0.643 bits per heavy atom. The van der Waals surface area contributed by atoms with E-state index in [1.807, 2.05) is 0 Å². The minimum atomic E-state index is -1.62. The molecule has 8 N–H and O–H groups in total. The number of ether oxygens (including phenoxy) is 2. The standard InChI is InChI=1S/C43H83BrN2O10/c1-2-3-4-5-6-7-8-9-10-12-17-22-27-35(48)39(51)34(33-55-43-42(54)41(53)40(52)36(32-47)56-43)46-38(50)29-24-19-14-16-21-26-31-45-37(49)28-23-18-13-11-15-20-25-30-44/h34-36,39-43,47-48,51-54H,2-33H2,1H3,(H,45,49)(H,46,50)/t34?,35?,36-,39?,40+,41+,42-,43+/m1/s1. The number of alkyl halides is 1. The van der Waals surface area contributed by atoms with Crippen molar-refractivity contribution in [2.75, 3.05) is 25.1 Å². The van der Waals surface area contributed by atoms with Gasteiger partial charge in [0.15, 0.2) is 6.29 Å². The van der Waals surface area contributed by atoms with Gasteiger partial charge >= 0.3 is 0 Å². The van der Waals surface area contributed by atoms with E-state index in [2.05, 4.69) is 33.5 Å². The summed E-state index contributed by atoms with van der Waals surface area (Å²) in [4.78, 5) is 25.1. The van der Waals surface area contributed by atoms with Crippen LogP contribution in [0, 0.1) is 0 Å². The van der Waals surface area contributed by atoms with E-state index in [9.17, 15) is 40.2 Å². The predicted molar refractivity (Wildman–Crippen MR) is 225 cm³/mol. The Balaban J connectivity index is 2.39. The number of hydrogen-bond donors (Lipinski definition) is 8. The van der Waals surface area contributed by atoms with Gasteiger partial charge in [-0.2, -0.15) is 0 Å². The largest absolute Gasteiger partial charge is 0.394 e. The van der Waals surface area contributed by atoms with Gasteiger partial charge in [0.25, 0.3) is 0 Å². The molecule has 13 heteroatoms. The average molecular weight is 868 g/mol.